The molecule has 0 saturated heterocycles. The molecule has 0 fully saturated rings. The predicted molar refractivity (Wildman–Crippen MR) is 88.9 cm³/mol. The fraction of sp³-hybridized carbons (Fsp3) is 0.250. The van der Waals surface area contributed by atoms with Crippen molar-refractivity contribution >= 4 is 27.8 Å². The molecule has 2 heterocycles. The van der Waals surface area contributed by atoms with Crippen LogP contribution in [0.25, 0.3) is 10.8 Å². The number of nitro groups is 1. The Labute approximate surface area is 133 Å². The third kappa shape index (κ3) is 2.85. The van der Waals surface area contributed by atoms with Gasteiger partial charge < -0.3 is 5.32 Å². The largest absolute Gasteiger partial charge is 0.352 e. The number of pyridine rings is 1. The predicted octanol–water partition coefficient (Wildman–Crippen LogP) is 3.84. The number of nitro benzene ring substituents is 1. The minimum Gasteiger partial charge on any atom is -0.352 e. The van der Waals surface area contributed by atoms with Gasteiger partial charge in [-0.1, -0.05) is 0 Å². The third-order valence-electron chi connectivity index (χ3n) is 3.54. The molecular weight excluding hydrogens is 294 g/mol. The number of rotatable bonds is 3. The standard InChI is InChI=1S/C16H17N5O2/c1-16(2,3)20-10-11(8-18-20)19-14-4-5-15(21(22)23)13-9-17-7-6-12(13)14/h4-10,19H,1-3H3. The second-order valence-electron chi connectivity index (χ2n) is 6.28. The zero-order valence-corrected chi connectivity index (χ0v) is 13.1. The summed E-state index contributed by atoms with van der Waals surface area (Å²) in [6.45, 7) is 6.20. The summed E-state index contributed by atoms with van der Waals surface area (Å²) in [5.41, 5.74) is 1.54. The zero-order valence-electron chi connectivity index (χ0n) is 13.1. The molecule has 0 aliphatic carbocycles. The molecule has 7 heteroatoms. The lowest BCUT2D eigenvalue weighted by Crippen LogP contribution is -2.21. The molecule has 0 aliphatic rings. The molecule has 7 nitrogen and oxygen atoms in total. The average molecular weight is 311 g/mol. The molecular formula is C16H17N5O2. The highest BCUT2D eigenvalue weighted by Gasteiger charge is 2.16. The van der Waals surface area contributed by atoms with Gasteiger partial charge in [-0.3, -0.25) is 19.8 Å². The van der Waals surface area contributed by atoms with Gasteiger partial charge in [0.05, 0.1) is 27.7 Å². The number of fused-ring (bicyclic) bond motifs is 1. The highest BCUT2D eigenvalue weighted by atomic mass is 16.6. The van der Waals surface area contributed by atoms with E-state index >= 15 is 0 Å². The lowest BCUT2D eigenvalue weighted by atomic mass is 10.1. The van der Waals surface area contributed by atoms with E-state index in [0.29, 0.717) is 5.39 Å². The van der Waals surface area contributed by atoms with Crippen molar-refractivity contribution in [1.82, 2.24) is 14.8 Å². The van der Waals surface area contributed by atoms with Crippen molar-refractivity contribution in [2.45, 2.75) is 26.3 Å². The maximum atomic E-state index is 11.1. The normalized spacial score (nSPS) is 11.6. The topological polar surface area (TPSA) is 85.9 Å². The van der Waals surface area contributed by atoms with Gasteiger partial charge in [-0.15, -0.1) is 0 Å². The minimum atomic E-state index is -0.397. The molecule has 0 amide bonds. The molecule has 0 unspecified atom stereocenters. The van der Waals surface area contributed by atoms with Crippen molar-refractivity contribution < 1.29 is 4.92 Å². The van der Waals surface area contributed by atoms with Gasteiger partial charge in [-0.2, -0.15) is 5.10 Å². The highest BCUT2D eigenvalue weighted by molar-refractivity contribution is 6.00. The van der Waals surface area contributed by atoms with Crippen molar-refractivity contribution in [2.75, 3.05) is 5.32 Å². The molecule has 1 N–H and O–H groups in total. The van der Waals surface area contributed by atoms with E-state index in [2.05, 4.69) is 36.2 Å². The van der Waals surface area contributed by atoms with E-state index in [1.807, 2.05) is 10.9 Å². The van der Waals surface area contributed by atoms with E-state index < -0.39 is 4.92 Å². The SMILES string of the molecule is CC(C)(C)n1cc(Nc2ccc([N+](=O)[O-])c3cnccc23)cn1. The Balaban J connectivity index is 2.03. The second kappa shape index (κ2) is 5.35. The summed E-state index contributed by atoms with van der Waals surface area (Å²) in [6.07, 6.45) is 6.78. The maximum absolute atomic E-state index is 11.1. The zero-order chi connectivity index (χ0) is 16.6. The van der Waals surface area contributed by atoms with Crippen LogP contribution in [0, 0.1) is 10.1 Å². The van der Waals surface area contributed by atoms with E-state index in [1.54, 1.807) is 24.5 Å². The third-order valence-corrected chi connectivity index (χ3v) is 3.54. The molecule has 3 rings (SSSR count). The summed E-state index contributed by atoms with van der Waals surface area (Å²) in [5, 5.41) is 20.0. The first-order chi connectivity index (χ1) is 10.9. The van der Waals surface area contributed by atoms with Gasteiger partial charge in [0, 0.05) is 35.7 Å². The number of hydrogen-bond donors (Lipinski definition) is 1. The Hall–Kier alpha value is -2.96. The molecule has 0 saturated carbocycles. The summed E-state index contributed by atoms with van der Waals surface area (Å²) in [4.78, 5) is 14.7. The lowest BCUT2D eigenvalue weighted by molar-refractivity contribution is -0.383. The summed E-state index contributed by atoms with van der Waals surface area (Å²) in [5.74, 6) is 0. The number of hydrogen-bond acceptors (Lipinski definition) is 5. The number of nitrogens with one attached hydrogen (secondary N) is 1. The lowest BCUT2D eigenvalue weighted by Gasteiger charge is -2.18. The van der Waals surface area contributed by atoms with E-state index in [0.717, 1.165) is 16.8 Å². The van der Waals surface area contributed by atoms with Gasteiger partial charge in [0.1, 0.15) is 0 Å². The van der Waals surface area contributed by atoms with E-state index in [4.69, 9.17) is 0 Å². The smallest absolute Gasteiger partial charge is 0.278 e. The Bertz CT molecular complexity index is 880. The van der Waals surface area contributed by atoms with Crippen molar-refractivity contribution in [3.63, 3.8) is 0 Å². The molecule has 0 spiro atoms. The molecule has 118 valence electrons. The molecule has 0 bridgehead atoms. The first-order valence-electron chi connectivity index (χ1n) is 7.19. The number of aromatic nitrogens is 3. The van der Waals surface area contributed by atoms with Gasteiger partial charge in [0.25, 0.3) is 5.69 Å². The summed E-state index contributed by atoms with van der Waals surface area (Å²) in [6, 6.07) is 4.95. The molecule has 1 aromatic carbocycles. The fourth-order valence-corrected chi connectivity index (χ4v) is 2.35. The molecule has 3 aromatic rings. The van der Waals surface area contributed by atoms with Gasteiger partial charge in [-0.05, 0) is 32.9 Å². The molecule has 0 radical (unpaired) electrons. The Morgan fingerprint density at radius 1 is 1.17 bits per heavy atom. The number of benzene rings is 1. The first-order valence-corrected chi connectivity index (χ1v) is 7.19. The number of nitrogens with zero attached hydrogens (tertiary/aromatic N) is 4. The highest BCUT2D eigenvalue weighted by Crippen LogP contribution is 2.32. The van der Waals surface area contributed by atoms with Crippen LogP contribution in [0.1, 0.15) is 20.8 Å². The summed E-state index contributed by atoms with van der Waals surface area (Å²) in [7, 11) is 0. The van der Waals surface area contributed by atoms with Gasteiger partial charge in [-0.25, -0.2) is 0 Å². The van der Waals surface area contributed by atoms with Crippen molar-refractivity contribution in [3.05, 3.63) is 53.1 Å². The van der Waals surface area contributed by atoms with E-state index in [9.17, 15) is 10.1 Å². The van der Waals surface area contributed by atoms with Gasteiger partial charge in [0.15, 0.2) is 0 Å². The molecule has 2 aromatic heterocycles. The number of anilines is 2. The van der Waals surface area contributed by atoms with E-state index in [-0.39, 0.29) is 11.2 Å². The van der Waals surface area contributed by atoms with Crippen molar-refractivity contribution in [3.8, 4) is 0 Å². The van der Waals surface area contributed by atoms with Crippen LogP contribution >= 0.6 is 0 Å². The Kier molecular flexibility index (Phi) is 3.48. The Morgan fingerprint density at radius 3 is 2.61 bits per heavy atom. The van der Waals surface area contributed by atoms with Crippen LogP contribution in [-0.2, 0) is 5.54 Å². The molecule has 0 aliphatic heterocycles. The van der Waals surface area contributed by atoms with Crippen LogP contribution in [0.15, 0.2) is 43.0 Å². The fourth-order valence-electron chi connectivity index (χ4n) is 2.35. The quantitative estimate of drug-likeness (QED) is 0.586. The Morgan fingerprint density at radius 2 is 1.96 bits per heavy atom. The average Bonchev–Trinajstić information content (AvgIpc) is 2.96. The van der Waals surface area contributed by atoms with Crippen molar-refractivity contribution in [1.29, 1.82) is 0 Å². The maximum Gasteiger partial charge on any atom is 0.278 e. The van der Waals surface area contributed by atoms with Crippen LogP contribution in [0.2, 0.25) is 0 Å². The van der Waals surface area contributed by atoms with Crippen LogP contribution < -0.4 is 5.32 Å². The van der Waals surface area contributed by atoms with Crippen molar-refractivity contribution in [2.24, 2.45) is 0 Å². The molecule has 23 heavy (non-hydrogen) atoms. The monoisotopic (exact) mass is 311 g/mol. The molecule has 0 atom stereocenters. The summed E-state index contributed by atoms with van der Waals surface area (Å²) < 4.78 is 1.87. The van der Waals surface area contributed by atoms with Crippen LogP contribution in [-0.4, -0.2) is 19.7 Å². The van der Waals surface area contributed by atoms with Crippen LogP contribution in [0.3, 0.4) is 0 Å². The van der Waals surface area contributed by atoms with Gasteiger partial charge >= 0.3 is 0 Å². The van der Waals surface area contributed by atoms with Crippen LogP contribution in [0.4, 0.5) is 17.1 Å². The van der Waals surface area contributed by atoms with Gasteiger partial charge in [0.2, 0.25) is 0 Å². The number of non-ortho nitro benzene ring substituents is 1. The van der Waals surface area contributed by atoms with Crippen LogP contribution in [0.5, 0.6) is 0 Å². The summed E-state index contributed by atoms with van der Waals surface area (Å²) >= 11 is 0. The minimum absolute atomic E-state index is 0.0454. The second-order valence-corrected chi connectivity index (χ2v) is 6.28. The first kappa shape index (κ1) is 15.0. The van der Waals surface area contributed by atoms with E-state index in [1.165, 1.54) is 12.3 Å².